The Balaban J connectivity index is 1.79. The molecule has 2 aliphatic carbocycles. The zero-order chi connectivity index (χ0) is 16.1. The van der Waals surface area contributed by atoms with E-state index in [1.54, 1.807) is 0 Å². The van der Waals surface area contributed by atoms with E-state index in [9.17, 15) is 15.0 Å². The van der Waals surface area contributed by atoms with Gasteiger partial charge in [-0.3, -0.25) is 4.79 Å². The van der Waals surface area contributed by atoms with Crippen LogP contribution in [0.15, 0.2) is 24.3 Å². The quantitative estimate of drug-likeness (QED) is 0.410. The summed E-state index contributed by atoms with van der Waals surface area (Å²) in [5.74, 6) is 0.255. The maximum absolute atomic E-state index is 12.0. The van der Waals surface area contributed by atoms with Crippen molar-refractivity contribution in [2.24, 2.45) is 17.8 Å². The number of hydrogen-bond donors (Lipinski definition) is 2. The van der Waals surface area contributed by atoms with Crippen LogP contribution in [0.4, 0.5) is 0 Å². The maximum Gasteiger partial charge on any atom is 0.161 e. The van der Waals surface area contributed by atoms with Gasteiger partial charge < -0.3 is 10.2 Å². The van der Waals surface area contributed by atoms with E-state index < -0.39 is 12.2 Å². The van der Waals surface area contributed by atoms with Crippen LogP contribution >= 0.6 is 0 Å². The lowest BCUT2D eigenvalue weighted by Gasteiger charge is -2.17. The minimum absolute atomic E-state index is 0.0112. The van der Waals surface area contributed by atoms with E-state index in [2.05, 4.69) is 13.5 Å². The Morgan fingerprint density at radius 1 is 1.32 bits per heavy atom. The smallest absolute Gasteiger partial charge is 0.161 e. The van der Waals surface area contributed by atoms with Crippen molar-refractivity contribution in [3.05, 3.63) is 24.3 Å². The molecule has 5 atom stereocenters. The standard InChI is InChI=1S/C19H30O3/c1-3-4-5-6-7-8-14(20)9-10-15-16-11-13(2)19(22)17(16)12-18(15)21/h9-10,14-18,20-21H,2-8,11-12H2,1H3/t14-,15-,16-,17-,18+/m0/s1. The van der Waals surface area contributed by atoms with Crippen molar-refractivity contribution in [1.82, 2.24) is 0 Å². The predicted octanol–water partition coefficient (Wildman–Crippen LogP) is 3.41. The molecule has 2 aliphatic rings. The molecule has 0 aromatic carbocycles. The van der Waals surface area contributed by atoms with Crippen molar-refractivity contribution in [3.63, 3.8) is 0 Å². The Morgan fingerprint density at radius 2 is 2.05 bits per heavy atom. The predicted molar refractivity (Wildman–Crippen MR) is 88.4 cm³/mol. The van der Waals surface area contributed by atoms with E-state index in [0.717, 1.165) is 12.8 Å². The van der Waals surface area contributed by atoms with E-state index in [-0.39, 0.29) is 23.5 Å². The van der Waals surface area contributed by atoms with Crippen molar-refractivity contribution in [2.75, 3.05) is 0 Å². The molecule has 0 saturated heterocycles. The third kappa shape index (κ3) is 4.08. The van der Waals surface area contributed by atoms with Gasteiger partial charge in [-0.2, -0.15) is 0 Å². The molecule has 3 nitrogen and oxygen atoms in total. The van der Waals surface area contributed by atoms with Crippen LogP contribution in [0.1, 0.15) is 58.3 Å². The molecule has 2 N–H and O–H groups in total. The molecule has 22 heavy (non-hydrogen) atoms. The van der Waals surface area contributed by atoms with Gasteiger partial charge in [-0.25, -0.2) is 0 Å². The Labute approximate surface area is 134 Å². The minimum Gasteiger partial charge on any atom is -0.392 e. The van der Waals surface area contributed by atoms with E-state index in [1.807, 2.05) is 12.2 Å². The average Bonchev–Trinajstić information content (AvgIpc) is 2.93. The van der Waals surface area contributed by atoms with Crippen molar-refractivity contribution in [2.45, 2.75) is 70.5 Å². The van der Waals surface area contributed by atoms with Gasteiger partial charge in [-0.15, -0.1) is 0 Å². The van der Waals surface area contributed by atoms with Crippen LogP contribution in [0.25, 0.3) is 0 Å². The number of hydrogen-bond acceptors (Lipinski definition) is 3. The Morgan fingerprint density at radius 3 is 2.77 bits per heavy atom. The lowest BCUT2D eigenvalue weighted by Crippen LogP contribution is -2.17. The summed E-state index contributed by atoms with van der Waals surface area (Å²) < 4.78 is 0. The van der Waals surface area contributed by atoms with Crippen LogP contribution in [-0.2, 0) is 4.79 Å². The highest BCUT2D eigenvalue weighted by Gasteiger charge is 2.49. The molecule has 0 spiro atoms. The summed E-state index contributed by atoms with van der Waals surface area (Å²) in [6.45, 7) is 6.03. The second-order valence-electron chi connectivity index (χ2n) is 6.98. The molecule has 2 saturated carbocycles. The van der Waals surface area contributed by atoms with Gasteiger partial charge in [-0.1, -0.05) is 57.8 Å². The van der Waals surface area contributed by atoms with E-state index >= 15 is 0 Å². The molecular formula is C19H30O3. The average molecular weight is 306 g/mol. The first-order valence-electron chi connectivity index (χ1n) is 8.81. The van der Waals surface area contributed by atoms with Crippen LogP contribution in [0.2, 0.25) is 0 Å². The van der Waals surface area contributed by atoms with Gasteiger partial charge >= 0.3 is 0 Å². The molecule has 0 heterocycles. The van der Waals surface area contributed by atoms with Gasteiger partial charge in [0.1, 0.15) is 0 Å². The Hall–Kier alpha value is -0.930. The number of aliphatic hydroxyl groups is 2. The van der Waals surface area contributed by atoms with Crippen molar-refractivity contribution >= 4 is 5.78 Å². The summed E-state index contributed by atoms with van der Waals surface area (Å²) in [5.41, 5.74) is 0.705. The Bertz CT molecular complexity index is 426. The number of carbonyl (C=O) groups excluding carboxylic acids is 1. The van der Waals surface area contributed by atoms with Crippen molar-refractivity contribution < 1.29 is 15.0 Å². The molecular weight excluding hydrogens is 276 g/mol. The highest BCUT2D eigenvalue weighted by Crippen LogP contribution is 2.48. The summed E-state index contributed by atoms with van der Waals surface area (Å²) in [4.78, 5) is 12.0. The summed E-state index contributed by atoms with van der Waals surface area (Å²) in [5, 5.41) is 20.2. The molecule has 2 fully saturated rings. The molecule has 0 radical (unpaired) electrons. The summed E-state index contributed by atoms with van der Waals surface area (Å²) in [6.07, 6.45) is 10.8. The zero-order valence-corrected chi connectivity index (χ0v) is 13.7. The number of rotatable bonds is 8. The molecule has 0 aliphatic heterocycles. The lowest BCUT2D eigenvalue weighted by molar-refractivity contribution is -0.118. The maximum atomic E-state index is 12.0. The molecule has 0 aromatic heterocycles. The van der Waals surface area contributed by atoms with Crippen LogP contribution in [0, 0.1) is 17.8 Å². The van der Waals surface area contributed by atoms with Gasteiger partial charge in [0, 0.05) is 11.8 Å². The van der Waals surface area contributed by atoms with Crippen LogP contribution < -0.4 is 0 Å². The van der Waals surface area contributed by atoms with E-state index in [0.29, 0.717) is 18.4 Å². The van der Waals surface area contributed by atoms with Crippen LogP contribution in [0.3, 0.4) is 0 Å². The van der Waals surface area contributed by atoms with Gasteiger partial charge in [0.05, 0.1) is 12.2 Å². The molecule has 0 amide bonds. The normalized spacial score (nSPS) is 32.9. The van der Waals surface area contributed by atoms with Gasteiger partial charge in [0.15, 0.2) is 5.78 Å². The van der Waals surface area contributed by atoms with Gasteiger partial charge in [0.2, 0.25) is 0 Å². The van der Waals surface area contributed by atoms with Crippen LogP contribution in [-0.4, -0.2) is 28.2 Å². The van der Waals surface area contributed by atoms with Crippen molar-refractivity contribution in [3.8, 4) is 0 Å². The number of fused-ring (bicyclic) bond motifs is 1. The first-order valence-corrected chi connectivity index (χ1v) is 8.81. The van der Waals surface area contributed by atoms with Gasteiger partial charge in [0.25, 0.3) is 0 Å². The number of unbranched alkanes of at least 4 members (excludes halogenated alkanes) is 4. The first-order chi connectivity index (χ1) is 10.5. The molecule has 124 valence electrons. The monoisotopic (exact) mass is 306 g/mol. The number of allylic oxidation sites excluding steroid dienone is 1. The number of aliphatic hydroxyl groups excluding tert-OH is 2. The number of ketones is 1. The second-order valence-corrected chi connectivity index (χ2v) is 6.98. The van der Waals surface area contributed by atoms with E-state index in [4.69, 9.17) is 0 Å². The summed E-state index contributed by atoms with van der Waals surface area (Å²) >= 11 is 0. The number of Topliss-reactive ketones (excluding diaryl/α,β-unsaturated/α-hetero) is 1. The minimum atomic E-state index is -0.458. The third-order valence-electron chi connectivity index (χ3n) is 5.28. The fourth-order valence-corrected chi connectivity index (χ4v) is 3.95. The first kappa shape index (κ1) is 17.4. The van der Waals surface area contributed by atoms with E-state index in [1.165, 1.54) is 25.7 Å². The highest BCUT2D eigenvalue weighted by atomic mass is 16.3. The molecule has 3 heteroatoms. The second kappa shape index (κ2) is 8.07. The lowest BCUT2D eigenvalue weighted by atomic mass is 9.90. The fourth-order valence-electron chi connectivity index (χ4n) is 3.95. The molecule has 2 rings (SSSR count). The number of carbonyl (C=O) groups is 1. The summed E-state index contributed by atoms with van der Waals surface area (Å²) in [6, 6.07) is 0. The molecule has 0 aromatic rings. The zero-order valence-electron chi connectivity index (χ0n) is 13.7. The molecule has 0 unspecified atom stereocenters. The third-order valence-corrected chi connectivity index (χ3v) is 5.28. The largest absolute Gasteiger partial charge is 0.392 e. The molecule has 0 bridgehead atoms. The Kier molecular flexibility index (Phi) is 6.39. The SMILES string of the molecule is C=C1C[C@H]2[C@H](C=C[C@@H](O)CCCCCCC)[C@H](O)C[C@@H]2C1=O. The summed E-state index contributed by atoms with van der Waals surface area (Å²) in [7, 11) is 0. The van der Waals surface area contributed by atoms with Gasteiger partial charge in [-0.05, 0) is 30.8 Å². The highest BCUT2D eigenvalue weighted by molar-refractivity contribution is 5.99. The van der Waals surface area contributed by atoms with Crippen LogP contribution in [0.5, 0.6) is 0 Å². The topological polar surface area (TPSA) is 57.5 Å². The van der Waals surface area contributed by atoms with Crippen molar-refractivity contribution in [1.29, 1.82) is 0 Å². The fraction of sp³-hybridized carbons (Fsp3) is 0.737.